The molecule has 0 radical (unpaired) electrons. The minimum atomic E-state index is -0.939. The summed E-state index contributed by atoms with van der Waals surface area (Å²) in [5.41, 5.74) is 1.70. The van der Waals surface area contributed by atoms with E-state index >= 15 is 0 Å². The molecule has 9 heteroatoms. The summed E-state index contributed by atoms with van der Waals surface area (Å²) in [6, 6.07) is 19.1. The Labute approximate surface area is 237 Å². The molecule has 2 amide bonds. The van der Waals surface area contributed by atoms with E-state index in [1.807, 2.05) is 6.07 Å². The molecular weight excluding hydrogens is 576 g/mol. The smallest absolute Gasteiger partial charge is 0.240 e. The van der Waals surface area contributed by atoms with Crippen molar-refractivity contribution in [2.24, 2.45) is 11.8 Å². The number of carbonyl (C=O) groups is 4. The van der Waals surface area contributed by atoms with Crippen LogP contribution in [0.1, 0.15) is 20.7 Å². The zero-order chi connectivity index (χ0) is 27.5. The molecule has 40 heavy (non-hydrogen) atoms. The molecule has 198 valence electrons. The van der Waals surface area contributed by atoms with Crippen LogP contribution in [-0.4, -0.2) is 47.2 Å². The lowest BCUT2D eigenvalue weighted by Gasteiger charge is -2.32. The fraction of sp³-hybridized carbons (Fsp3) is 0.161. The number of carbonyl (C=O) groups excluding carboxylic acids is 4. The van der Waals surface area contributed by atoms with Crippen molar-refractivity contribution in [2.75, 3.05) is 11.7 Å². The van der Waals surface area contributed by atoms with Gasteiger partial charge in [-0.05, 0) is 30.3 Å². The number of fused-ring (bicyclic) bond motifs is 4. The Kier molecular flexibility index (Phi) is 5.71. The third kappa shape index (κ3) is 3.72. The highest BCUT2D eigenvalue weighted by Crippen LogP contribution is 2.48. The molecule has 0 aromatic heterocycles. The number of hydrogen-bond donors (Lipinski definition) is 0. The second kappa shape index (κ2) is 9.31. The Bertz CT molecular complexity index is 1650. The molecule has 8 nitrogen and oxygen atoms in total. The summed E-state index contributed by atoms with van der Waals surface area (Å²) < 4.78 is 11.7. The number of ether oxygens (including phenoxy) is 2. The van der Waals surface area contributed by atoms with E-state index < -0.39 is 35.7 Å². The van der Waals surface area contributed by atoms with Crippen molar-refractivity contribution in [3.05, 3.63) is 112 Å². The van der Waals surface area contributed by atoms with E-state index in [9.17, 15) is 19.2 Å². The summed E-state index contributed by atoms with van der Waals surface area (Å²) in [6.07, 6.45) is 5.04. The van der Waals surface area contributed by atoms with Crippen molar-refractivity contribution < 1.29 is 28.7 Å². The van der Waals surface area contributed by atoms with Crippen LogP contribution in [-0.2, 0) is 9.59 Å². The number of ketones is 2. The third-order valence-corrected chi connectivity index (χ3v) is 8.39. The first-order chi connectivity index (χ1) is 19.4. The Morgan fingerprint density at radius 2 is 1.55 bits per heavy atom. The molecule has 0 aliphatic carbocycles. The quantitative estimate of drug-likeness (QED) is 0.315. The van der Waals surface area contributed by atoms with Crippen molar-refractivity contribution in [2.45, 2.75) is 12.1 Å². The van der Waals surface area contributed by atoms with E-state index in [-0.39, 0.29) is 18.4 Å². The van der Waals surface area contributed by atoms with Gasteiger partial charge in [-0.1, -0.05) is 64.5 Å². The summed E-state index contributed by atoms with van der Waals surface area (Å²) >= 11 is 3.39. The number of amides is 2. The van der Waals surface area contributed by atoms with Crippen molar-refractivity contribution in [1.82, 2.24) is 4.90 Å². The fourth-order valence-electron chi connectivity index (χ4n) is 6.02. The van der Waals surface area contributed by atoms with Gasteiger partial charge < -0.3 is 14.4 Å². The molecule has 7 rings (SSSR count). The molecule has 0 unspecified atom stereocenters. The maximum Gasteiger partial charge on any atom is 0.240 e. The predicted molar refractivity (Wildman–Crippen MR) is 148 cm³/mol. The molecule has 3 aromatic carbocycles. The monoisotopic (exact) mass is 596 g/mol. The first-order valence-electron chi connectivity index (χ1n) is 12.8. The molecule has 0 N–H and O–H groups in total. The fourth-order valence-corrected chi connectivity index (χ4v) is 6.28. The minimum absolute atomic E-state index is 0.0576. The number of rotatable bonds is 5. The lowest BCUT2D eigenvalue weighted by molar-refractivity contribution is -0.123. The maximum atomic E-state index is 14.0. The summed E-state index contributed by atoms with van der Waals surface area (Å²) in [5.74, 6) is -2.17. The van der Waals surface area contributed by atoms with Crippen molar-refractivity contribution in [3.63, 3.8) is 0 Å². The predicted octanol–water partition coefficient (Wildman–Crippen LogP) is 4.56. The van der Waals surface area contributed by atoms with Gasteiger partial charge in [0, 0.05) is 33.4 Å². The van der Waals surface area contributed by atoms with Gasteiger partial charge >= 0.3 is 0 Å². The van der Waals surface area contributed by atoms with E-state index in [4.69, 9.17) is 9.47 Å². The SMILES string of the molecule is O=C(C1=C[C@@H]2[C@H]3C(=O)N(c4ccc5c(c4)OCO5)C(=O)[C@H]3[C@@H](C(=O)c3ccc(Br)cc3)N2C=C1)c1ccccc1. The van der Waals surface area contributed by atoms with Gasteiger partial charge in [0.2, 0.25) is 18.6 Å². The van der Waals surface area contributed by atoms with E-state index in [2.05, 4.69) is 15.9 Å². The number of anilines is 1. The number of Topliss-reactive ketones (excluding diaryl/α,β-unsaturated/α-hetero) is 2. The normalized spacial score (nSPS) is 24.2. The van der Waals surface area contributed by atoms with Gasteiger partial charge in [-0.3, -0.25) is 19.2 Å². The van der Waals surface area contributed by atoms with E-state index in [0.29, 0.717) is 33.9 Å². The van der Waals surface area contributed by atoms with Gasteiger partial charge in [0.15, 0.2) is 23.1 Å². The van der Waals surface area contributed by atoms with Crippen LogP contribution >= 0.6 is 15.9 Å². The van der Waals surface area contributed by atoms with Crippen molar-refractivity contribution in [1.29, 1.82) is 0 Å². The minimum Gasteiger partial charge on any atom is -0.454 e. The van der Waals surface area contributed by atoms with Gasteiger partial charge in [-0.15, -0.1) is 0 Å². The molecular formula is C31H21BrN2O6. The van der Waals surface area contributed by atoms with Crippen LogP contribution < -0.4 is 14.4 Å². The van der Waals surface area contributed by atoms with Gasteiger partial charge in [0.05, 0.1) is 23.6 Å². The Balaban J connectivity index is 1.30. The first kappa shape index (κ1) is 24.5. The summed E-state index contributed by atoms with van der Waals surface area (Å²) in [6.45, 7) is 0.0576. The summed E-state index contributed by atoms with van der Waals surface area (Å²) in [5, 5.41) is 0. The highest BCUT2D eigenvalue weighted by Gasteiger charge is 2.63. The lowest BCUT2D eigenvalue weighted by atomic mass is 9.85. The standard InChI is InChI=1S/C31H21BrN2O6/c32-20-8-6-18(7-9-20)29(36)27-26-25(22-14-19(12-13-33(22)27)28(35)17-4-2-1-3-5-17)30(37)34(31(26)38)21-10-11-23-24(15-21)40-16-39-23/h1-15,22,25-27H,16H2/t22-,25-,26-,27+/m1/s1. The number of benzene rings is 3. The maximum absolute atomic E-state index is 14.0. The second-order valence-corrected chi connectivity index (χ2v) is 10.9. The highest BCUT2D eigenvalue weighted by atomic mass is 79.9. The first-order valence-corrected chi connectivity index (χ1v) is 13.6. The molecule has 4 aliphatic heterocycles. The van der Waals surface area contributed by atoms with Crippen molar-refractivity contribution >= 4 is 45.0 Å². The topological polar surface area (TPSA) is 93.2 Å². The number of hydrogen-bond acceptors (Lipinski definition) is 7. The van der Waals surface area contributed by atoms with E-state index in [0.717, 1.165) is 9.37 Å². The van der Waals surface area contributed by atoms with Gasteiger partial charge in [0.1, 0.15) is 6.04 Å². The Morgan fingerprint density at radius 3 is 2.33 bits per heavy atom. The Hall–Kier alpha value is -4.50. The average molecular weight is 597 g/mol. The molecule has 4 heterocycles. The lowest BCUT2D eigenvalue weighted by Crippen LogP contribution is -2.46. The molecule has 4 atom stereocenters. The summed E-state index contributed by atoms with van der Waals surface area (Å²) in [4.78, 5) is 58.1. The molecule has 0 bridgehead atoms. The van der Waals surface area contributed by atoms with Crippen LogP contribution in [0.15, 0.2) is 101 Å². The Morgan fingerprint density at radius 1 is 0.825 bits per heavy atom. The third-order valence-electron chi connectivity index (χ3n) is 7.86. The van der Waals surface area contributed by atoms with Crippen LogP contribution in [0.3, 0.4) is 0 Å². The average Bonchev–Trinajstić information content (AvgIpc) is 3.65. The largest absolute Gasteiger partial charge is 0.454 e. The number of halogens is 1. The summed E-state index contributed by atoms with van der Waals surface area (Å²) in [7, 11) is 0. The molecule has 4 aliphatic rings. The molecule has 3 aromatic rings. The zero-order valence-corrected chi connectivity index (χ0v) is 22.5. The van der Waals surface area contributed by atoms with E-state index in [1.165, 1.54) is 0 Å². The van der Waals surface area contributed by atoms with Crippen LogP contribution in [0.4, 0.5) is 5.69 Å². The number of nitrogens with zero attached hydrogens (tertiary/aromatic N) is 2. The number of allylic oxidation sites excluding steroid dienone is 2. The van der Waals surface area contributed by atoms with Gasteiger partial charge in [-0.25, -0.2) is 4.90 Å². The van der Waals surface area contributed by atoms with Crippen LogP contribution in [0.2, 0.25) is 0 Å². The molecule has 0 saturated carbocycles. The molecule has 2 fully saturated rings. The number of imide groups is 1. The van der Waals surface area contributed by atoms with Crippen molar-refractivity contribution in [3.8, 4) is 11.5 Å². The van der Waals surface area contributed by atoms with Crippen LogP contribution in [0.5, 0.6) is 11.5 Å². The van der Waals surface area contributed by atoms with Gasteiger partial charge in [-0.2, -0.15) is 0 Å². The molecule has 2 saturated heterocycles. The highest BCUT2D eigenvalue weighted by molar-refractivity contribution is 9.10. The molecule has 0 spiro atoms. The second-order valence-electron chi connectivity index (χ2n) is 9.99. The van der Waals surface area contributed by atoms with E-state index in [1.54, 1.807) is 90.0 Å². The van der Waals surface area contributed by atoms with Crippen LogP contribution in [0, 0.1) is 11.8 Å². The van der Waals surface area contributed by atoms with Crippen LogP contribution in [0.25, 0.3) is 0 Å². The zero-order valence-electron chi connectivity index (χ0n) is 20.9. The van der Waals surface area contributed by atoms with Gasteiger partial charge in [0.25, 0.3) is 0 Å².